The highest BCUT2D eigenvalue weighted by Crippen LogP contribution is 2.03. The Morgan fingerprint density at radius 1 is 0.826 bits per heavy atom. The zero-order chi connectivity index (χ0) is 17.2. The van der Waals surface area contributed by atoms with E-state index in [1.54, 1.807) is 26.2 Å². The fourth-order valence-electron chi connectivity index (χ4n) is 1.79. The normalized spacial score (nSPS) is 9.39. The molecule has 0 aromatic heterocycles. The molecule has 0 spiro atoms. The number of nitrogens with one attached hydrogen (secondary N) is 2. The lowest BCUT2D eigenvalue weighted by Crippen LogP contribution is -2.17. The van der Waals surface area contributed by atoms with Crippen molar-refractivity contribution in [3.05, 3.63) is 70.8 Å². The Morgan fingerprint density at radius 2 is 1.22 bits per heavy atom. The summed E-state index contributed by atoms with van der Waals surface area (Å²) >= 11 is 0. The molecule has 0 radical (unpaired) electrons. The van der Waals surface area contributed by atoms with Gasteiger partial charge in [-0.2, -0.15) is 0 Å². The zero-order valence-electron chi connectivity index (χ0n) is 13.7. The van der Waals surface area contributed by atoms with Gasteiger partial charge in [0.25, 0.3) is 11.8 Å². The number of benzene rings is 2. The second-order valence-electron chi connectivity index (χ2n) is 4.93. The molecule has 23 heavy (non-hydrogen) atoms. The summed E-state index contributed by atoms with van der Waals surface area (Å²) in [4.78, 5) is 22.1. The minimum Gasteiger partial charge on any atom is -0.355 e. The molecule has 2 amide bonds. The molecule has 4 N–H and O–H groups in total. The van der Waals surface area contributed by atoms with Gasteiger partial charge in [0.2, 0.25) is 0 Å². The van der Waals surface area contributed by atoms with E-state index in [1.165, 1.54) is 0 Å². The van der Waals surface area contributed by atoms with Crippen molar-refractivity contribution < 1.29 is 9.59 Å². The molecular formula is C18H23N3O2. The first-order valence-corrected chi connectivity index (χ1v) is 7.31. The molecule has 2 rings (SSSR count). The minimum atomic E-state index is -0.0708. The summed E-state index contributed by atoms with van der Waals surface area (Å²) in [5, 5.41) is 5.11. The van der Waals surface area contributed by atoms with Crippen molar-refractivity contribution in [1.82, 2.24) is 10.6 Å². The molecule has 0 aliphatic carbocycles. The van der Waals surface area contributed by atoms with Crippen LogP contribution in [0.5, 0.6) is 0 Å². The van der Waals surface area contributed by atoms with E-state index in [9.17, 15) is 9.59 Å². The Balaban J connectivity index is 0.000000231. The van der Waals surface area contributed by atoms with E-state index in [4.69, 9.17) is 5.73 Å². The van der Waals surface area contributed by atoms with Crippen LogP contribution in [0.4, 0.5) is 0 Å². The monoisotopic (exact) mass is 313 g/mol. The molecule has 122 valence electrons. The molecule has 0 saturated carbocycles. The highest BCUT2D eigenvalue weighted by molar-refractivity contribution is 5.94. The number of carbonyl (C=O) groups is 2. The summed E-state index contributed by atoms with van der Waals surface area (Å²) in [6.45, 7) is 2.50. The van der Waals surface area contributed by atoms with E-state index in [1.807, 2.05) is 43.3 Å². The molecule has 0 heterocycles. The fourth-order valence-corrected chi connectivity index (χ4v) is 1.79. The zero-order valence-corrected chi connectivity index (χ0v) is 13.7. The summed E-state index contributed by atoms with van der Waals surface area (Å²) in [6.07, 6.45) is 0. The number of nitrogens with two attached hydrogens (primary N) is 1. The first-order chi connectivity index (χ1) is 11.0. The van der Waals surface area contributed by atoms with Gasteiger partial charge in [-0.1, -0.05) is 29.8 Å². The first kappa shape index (κ1) is 18.4. The van der Waals surface area contributed by atoms with Crippen LogP contribution in [0.15, 0.2) is 48.5 Å². The molecule has 0 aliphatic heterocycles. The van der Waals surface area contributed by atoms with Crippen LogP contribution in [-0.2, 0) is 6.54 Å². The second kappa shape index (κ2) is 9.38. The van der Waals surface area contributed by atoms with Crippen LogP contribution in [0.25, 0.3) is 0 Å². The molecule has 0 unspecified atom stereocenters. The summed E-state index contributed by atoms with van der Waals surface area (Å²) < 4.78 is 0. The Bertz CT molecular complexity index is 634. The van der Waals surface area contributed by atoms with E-state index in [0.717, 1.165) is 11.1 Å². The molecule has 2 aromatic carbocycles. The Labute approximate surface area is 136 Å². The third kappa shape index (κ3) is 5.92. The predicted octanol–water partition coefficient (Wildman–Crippen LogP) is 1.86. The van der Waals surface area contributed by atoms with Gasteiger partial charge in [-0.05, 0) is 36.8 Å². The average Bonchev–Trinajstić information content (AvgIpc) is 2.61. The minimum absolute atomic E-state index is 0.0370. The highest BCUT2D eigenvalue weighted by atomic mass is 16.2. The number of rotatable bonds is 3. The van der Waals surface area contributed by atoms with Crippen molar-refractivity contribution in [2.75, 3.05) is 14.1 Å². The fraction of sp³-hybridized carbons (Fsp3) is 0.222. The summed E-state index contributed by atoms with van der Waals surface area (Å²) in [5.74, 6) is -0.108. The third-order valence-corrected chi connectivity index (χ3v) is 3.22. The van der Waals surface area contributed by atoms with Crippen molar-refractivity contribution in [2.24, 2.45) is 5.73 Å². The molecule has 0 fully saturated rings. The van der Waals surface area contributed by atoms with Crippen LogP contribution < -0.4 is 16.4 Å². The van der Waals surface area contributed by atoms with Gasteiger partial charge in [0.05, 0.1) is 0 Å². The van der Waals surface area contributed by atoms with Crippen molar-refractivity contribution in [3.63, 3.8) is 0 Å². The van der Waals surface area contributed by atoms with E-state index in [-0.39, 0.29) is 11.8 Å². The number of amides is 2. The van der Waals surface area contributed by atoms with Crippen LogP contribution in [0.3, 0.4) is 0 Å². The standard InChI is InChI=1S/C9H12N2O.C9H11NO/c1-11-9(12)8-4-2-7(6-10)3-5-8;1-7-3-5-8(6-4-7)9(11)10-2/h2-5H,6,10H2,1H3,(H,11,12);3-6H,1-2H3,(H,10,11). The van der Waals surface area contributed by atoms with Gasteiger partial charge in [-0.3, -0.25) is 9.59 Å². The quantitative estimate of drug-likeness (QED) is 0.808. The molecule has 2 aromatic rings. The van der Waals surface area contributed by atoms with Gasteiger partial charge in [0.15, 0.2) is 0 Å². The van der Waals surface area contributed by atoms with Crippen molar-refractivity contribution in [2.45, 2.75) is 13.5 Å². The lowest BCUT2D eigenvalue weighted by atomic mass is 10.1. The molecule has 0 aliphatic rings. The van der Waals surface area contributed by atoms with Crippen molar-refractivity contribution in [1.29, 1.82) is 0 Å². The smallest absolute Gasteiger partial charge is 0.251 e. The Kier molecular flexibility index (Phi) is 7.50. The lowest BCUT2D eigenvalue weighted by molar-refractivity contribution is 0.0955. The topological polar surface area (TPSA) is 84.2 Å². The molecule has 0 atom stereocenters. The van der Waals surface area contributed by atoms with Crippen molar-refractivity contribution >= 4 is 11.8 Å². The Hall–Kier alpha value is -2.66. The van der Waals surface area contributed by atoms with Crippen LogP contribution >= 0.6 is 0 Å². The largest absolute Gasteiger partial charge is 0.355 e. The van der Waals surface area contributed by atoms with Crippen LogP contribution in [0.2, 0.25) is 0 Å². The first-order valence-electron chi connectivity index (χ1n) is 7.31. The van der Waals surface area contributed by atoms with Gasteiger partial charge >= 0.3 is 0 Å². The lowest BCUT2D eigenvalue weighted by Gasteiger charge is -2.00. The van der Waals surface area contributed by atoms with Gasteiger partial charge in [0, 0.05) is 31.8 Å². The molecular weight excluding hydrogens is 290 g/mol. The number of carbonyl (C=O) groups excluding carboxylic acids is 2. The van der Waals surface area contributed by atoms with E-state index in [2.05, 4.69) is 10.6 Å². The van der Waals surface area contributed by atoms with Crippen molar-refractivity contribution in [3.8, 4) is 0 Å². The number of hydrogen-bond donors (Lipinski definition) is 3. The average molecular weight is 313 g/mol. The van der Waals surface area contributed by atoms with Crippen LogP contribution in [0.1, 0.15) is 31.8 Å². The maximum Gasteiger partial charge on any atom is 0.251 e. The molecule has 0 saturated heterocycles. The Morgan fingerprint density at radius 3 is 1.57 bits per heavy atom. The van der Waals surface area contributed by atoms with Crippen LogP contribution in [0, 0.1) is 6.92 Å². The summed E-state index contributed by atoms with van der Waals surface area (Å²) in [5.41, 5.74) is 8.97. The summed E-state index contributed by atoms with van der Waals surface area (Å²) in [6, 6.07) is 14.7. The van der Waals surface area contributed by atoms with Gasteiger partial charge < -0.3 is 16.4 Å². The van der Waals surface area contributed by atoms with Crippen LogP contribution in [-0.4, -0.2) is 25.9 Å². The maximum atomic E-state index is 11.1. The van der Waals surface area contributed by atoms with Gasteiger partial charge in [-0.25, -0.2) is 0 Å². The predicted molar refractivity (Wildman–Crippen MR) is 92.3 cm³/mol. The van der Waals surface area contributed by atoms with E-state index < -0.39 is 0 Å². The third-order valence-electron chi connectivity index (χ3n) is 3.22. The maximum absolute atomic E-state index is 11.1. The van der Waals surface area contributed by atoms with E-state index in [0.29, 0.717) is 17.7 Å². The molecule has 0 bridgehead atoms. The highest BCUT2D eigenvalue weighted by Gasteiger charge is 2.01. The molecule has 5 nitrogen and oxygen atoms in total. The van der Waals surface area contributed by atoms with Gasteiger partial charge in [-0.15, -0.1) is 0 Å². The second-order valence-corrected chi connectivity index (χ2v) is 4.93. The van der Waals surface area contributed by atoms with E-state index >= 15 is 0 Å². The summed E-state index contributed by atoms with van der Waals surface area (Å²) in [7, 11) is 3.24. The molecule has 5 heteroatoms. The SMILES string of the molecule is CNC(=O)c1ccc(C)cc1.CNC(=O)c1ccc(CN)cc1. The number of hydrogen-bond acceptors (Lipinski definition) is 3. The van der Waals surface area contributed by atoms with Gasteiger partial charge in [0.1, 0.15) is 0 Å². The number of aryl methyl sites for hydroxylation is 1.